The van der Waals surface area contributed by atoms with Gasteiger partial charge in [-0.15, -0.1) is 0 Å². The molecule has 0 spiro atoms. The molecule has 3 heteroatoms. The Morgan fingerprint density at radius 3 is 2.38 bits per heavy atom. The number of allylic oxidation sites excluding steroid dienone is 1. The van der Waals surface area contributed by atoms with Crippen molar-refractivity contribution in [3.8, 4) is 11.5 Å². The second-order valence-electron chi connectivity index (χ2n) is 4.91. The Morgan fingerprint density at radius 2 is 1.81 bits per heavy atom. The minimum atomic E-state index is 0.0379. The zero-order valence-corrected chi connectivity index (χ0v) is 11.3. The first-order valence-corrected chi connectivity index (χ1v) is 5.98. The molecule has 0 aliphatic carbocycles. The number of benzene rings is 1. The number of hydrogen-bond donors (Lipinski definition) is 0. The predicted molar refractivity (Wildman–Crippen MR) is 68.8 cm³/mol. The molecule has 1 aliphatic heterocycles. The van der Waals surface area contributed by atoms with Gasteiger partial charge >= 0.3 is 0 Å². The first-order valence-electron chi connectivity index (χ1n) is 5.18. The highest BCUT2D eigenvalue weighted by molar-refractivity contribution is 9.10. The van der Waals surface area contributed by atoms with Crippen LogP contribution >= 0.6 is 15.9 Å². The van der Waals surface area contributed by atoms with Crippen LogP contribution < -0.4 is 9.47 Å². The van der Waals surface area contributed by atoms with Crippen LogP contribution in [0.3, 0.4) is 0 Å². The van der Waals surface area contributed by atoms with E-state index < -0.39 is 0 Å². The molecule has 1 aromatic rings. The summed E-state index contributed by atoms with van der Waals surface area (Å²) in [4.78, 5) is 0. The van der Waals surface area contributed by atoms with Crippen molar-refractivity contribution < 1.29 is 9.47 Å². The minimum absolute atomic E-state index is 0.0379. The molecule has 0 atom stereocenters. The second kappa shape index (κ2) is 3.81. The topological polar surface area (TPSA) is 18.5 Å². The summed E-state index contributed by atoms with van der Waals surface area (Å²) in [5, 5.41) is 0. The fraction of sp³-hybridized carbons (Fsp3) is 0.385. The number of halogens is 1. The third-order valence-corrected chi connectivity index (χ3v) is 3.35. The maximum atomic E-state index is 5.37. The predicted octanol–water partition coefficient (Wildman–Crippen LogP) is 4.24. The Kier molecular flexibility index (Phi) is 2.74. The average molecular weight is 283 g/mol. The summed E-state index contributed by atoms with van der Waals surface area (Å²) < 4.78 is 11.7. The van der Waals surface area contributed by atoms with Gasteiger partial charge in [0.2, 0.25) is 6.79 Å². The number of hydrogen-bond acceptors (Lipinski definition) is 2. The lowest BCUT2D eigenvalue weighted by molar-refractivity contribution is 0.174. The van der Waals surface area contributed by atoms with E-state index in [9.17, 15) is 0 Å². The molecule has 0 fully saturated rings. The molecule has 86 valence electrons. The van der Waals surface area contributed by atoms with Gasteiger partial charge in [0.05, 0.1) is 0 Å². The molecule has 0 saturated heterocycles. The van der Waals surface area contributed by atoms with E-state index in [-0.39, 0.29) is 5.41 Å². The fourth-order valence-corrected chi connectivity index (χ4v) is 2.11. The van der Waals surface area contributed by atoms with E-state index in [1.165, 1.54) is 0 Å². The van der Waals surface area contributed by atoms with Crippen molar-refractivity contribution in [2.75, 3.05) is 6.79 Å². The fourth-order valence-electron chi connectivity index (χ4n) is 1.55. The zero-order valence-electron chi connectivity index (χ0n) is 9.76. The number of fused-ring (bicyclic) bond motifs is 1. The average Bonchev–Trinajstić information content (AvgIpc) is 2.60. The molecule has 0 radical (unpaired) electrons. The van der Waals surface area contributed by atoms with Crippen molar-refractivity contribution in [3.05, 3.63) is 28.7 Å². The molecule has 2 rings (SSSR count). The summed E-state index contributed by atoms with van der Waals surface area (Å²) in [6.07, 6.45) is 0. The molecule has 1 aromatic carbocycles. The van der Waals surface area contributed by atoms with Crippen LogP contribution in [-0.2, 0) is 0 Å². The Bertz CT molecular complexity index is 444. The van der Waals surface area contributed by atoms with Crippen molar-refractivity contribution >= 4 is 21.5 Å². The van der Waals surface area contributed by atoms with Gasteiger partial charge in [-0.3, -0.25) is 0 Å². The van der Waals surface area contributed by atoms with Gasteiger partial charge in [0.1, 0.15) is 0 Å². The Balaban J connectivity index is 2.47. The van der Waals surface area contributed by atoms with E-state index in [1.807, 2.05) is 12.1 Å². The molecule has 0 bridgehead atoms. The van der Waals surface area contributed by atoms with Crippen LogP contribution in [0.15, 0.2) is 23.2 Å². The molecule has 2 nitrogen and oxygen atoms in total. The summed E-state index contributed by atoms with van der Waals surface area (Å²) in [7, 11) is 0. The maximum absolute atomic E-state index is 5.37. The van der Waals surface area contributed by atoms with Crippen LogP contribution in [0.2, 0.25) is 0 Å². The van der Waals surface area contributed by atoms with Crippen molar-refractivity contribution in [2.45, 2.75) is 20.8 Å². The Labute approximate surface area is 104 Å². The quantitative estimate of drug-likeness (QED) is 0.767. The molecule has 0 unspecified atom stereocenters. The SMILES string of the molecule is C=C(c1cc2c(cc1Br)OCO2)C(C)(C)C. The van der Waals surface area contributed by atoms with E-state index >= 15 is 0 Å². The molecule has 16 heavy (non-hydrogen) atoms. The molecule has 0 aromatic heterocycles. The van der Waals surface area contributed by atoms with Gasteiger partial charge < -0.3 is 9.47 Å². The maximum Gasteiger partial charge on any atom is 0.231 e. The molecular formula is C13H15BrO2. The largest absolute Gasteiger partial charge is 0.454 e. The Hall–Kier alpha value is -0.960. The van der Waals surface area contributed by atoms with E-state index in [0.717, 1.165) is 27.1 Å². The summed E-state index contributed by atoms with van der Waals surface area (Å²) in [5.74, 6) is 1.58. The highest BCUT2D eigenvalue weighted by Crippen LogP contribution is 2.43. The van der Waals surface area contributed by atoms with E-state index in [0.29, 0.717) is 6.79 Å². The smallest absolute Gasteiger partial charge is 0.231 e. The lowest BCUT2D eigenvalue weighted by Gasteiger charge is -2.23. The standard InChI is InChI=1S/C13H15BrO2/c1-8(13(2,3)4)9-5-11-12(6-10(9)14)16-7-15-11/h5-6H,1,7H2,2-4H3. The van der Waals surface area contributed by atoms with E-state index in [2.05, 4.69) is 43.3 Å². The third-order valence-electron chi connectivity index (χ3n) is 2.69. The van der Waals surface area contributed by atoms with Crippen LogP contribution in [-0.4, -0.2) is 6.79 Å². The first-order chi connectivity index (χ1) is 7.39. The van der Waals surface area contributed by atoms with Crippen LogP contribution in [0.5, 0.6) is 11.5 Å². The summed E-state index contributed by atoms with van der Waals surface area (Å²) in [6, 6.07) is 3.93. The third kappa shape index (κ3) is 1.96. The van der Waals surface area contributed by atoms with Crippen molar-refractivity contribution in [1.82, 2.24) is 0 Å². The molecule has 1 heterocycles. The van der Waals surface area contributed by atoms with Gasteiger partial charge in [-0.2, -0.15) is 0 Å². The van der Waals surface area contributed by atoms with Crippen LogP contribution in [0.4, 0.5) is 0 Å². The Morgan fingerprint density at radius 1 is 1.25 bits per heavy atom. The molecule has 0 N–H and O–H groups in total. The van der Waals surface area contributed by atoms with Gasteiger partial charge in [-0.1, -0.05) is 43.3 Å². The van der Waals surface area contributed by atoms with E-state index in [1.54, 1.807) is 0 Å². The summed E-state index contributed by atoms with van der Waals surface area (Å²) >= 11 is 3.55. The summed E-state index contributed by atoms with van der Waals surface area (Å²) in [5.41, 5.74) is 2.20. The van der Waals surface area contributed by atoms with Crippen molar-refractivity contribution in [1.29, 1.82) is 0 Å². The van der Waals surface area contributed by atoms with Crippen LogP contribution in [0.1, 0.15) is 26.3 Å². The van der Waals surface area contributed by atoms with Crippen LogP contribution in [0, 0.1) is 5.41 Å². The van der Waals surface area contributed by atoms with Crippen LogP contribution in [0.25, 0.3) is 5.57 Å². The highest BCUT2D eigenvalue weighted by atomic mass is 79.9. The monoisotopic (exact) mass is 282 g/mol. The molecule has 0 amide bonds. The number of ether oxygens (including phenoxy) is 2. The molecule has 0 saturated carbocycles. The highest BCUT2D eigenvalue weighted by Gasteiger charge is 2.22. The molecule has 1 aliphatic rings. The molecular weight excluding hydrogens is 268 g/mol. The second-order valence-corrected chi connectivity index (χ2v) is 5.77. The first kappa shape index (κ1) is 11.5. The number of rotatable bonds is 1. The van der Waals surface area contributed by atoms with Crippen molar-refractivity contribution in [2.24, 2.45) is 5.41 Å². The van der Waals surface area contributed by atoms with E-state index in [4.69, 9.17) is 9.47 Å². The van der Waals surface area contributed by atoms with Gasteiger partial charge in [0, 0.05) is 4.47 Å². The lowest BCUT2D eigenvalue weighted by atomic mass is 9.83. The van der Waals surface area contributed by atoms with Gasteiger partial charge in [0.15, 0.2) is 11.5 Å². The minimum Gasteiger partial charge on any atom is -0.454 e. The lowest BCUT2D eigenvalue weighted by Crippen LogP contribution is -2.07. The zero-order chi connectivity index (χ0) is 11.9. The summed E-state index contributed by atoms with van der Waals surface area (Å²) in [6.45, 7) is 10.9. The van der Waals surface area contributed by atoms with Gasteiger partial charge in [-0.25, -0.2) is 0 Å². The van der Waals surface area contributed by atoms with Gasteiger partial charge in [-0.05, 0) is 28.7 Å². The normalized spacial score (nSPS) is 14.0. The van der Waals surface area contributed by atoms with Gasteiger partial charge in [0.25, 0.3) is 0 Å². The van der Waals surface area contributed by atoms with Crippen molar-refractivity contribution in [3.63, 3.8) is 0 Å².